The molecular weight excluding hydrogens is 424 g/mol. The highest BCUT2D eigenvalue weighted by Gasteiger charge is 2.37. The number of barbiturate groups is 1. The molecule has 3 aromatic rings. The van der Waals surface area contributed by atoms with E-state index in [0.717, 1.165) is 10.5 Å². The van der Waals surface area contributed by atoms with Crippen molar-refractivity contribution in [2.75, 3.05) is 12.0 Å². The van der Waals surface area contributed by atoms with Crippen LogP contribution in [0.3, 0.4) is 0 Å². The van der Waals surface area contributed by atoms with Crippen LogP contribution in [0.5, 0.6) is 0 Å². The van der Waals surface area contributed by atoms with E-state index in [4.69, 9.17) is 9.15 Å². The summed E-state index contributed by atoms with van der Waals surface area (Å²) in [6, 6.07) is 14.4. The van der Waals surface area contributed by atoms with Gasteiger partial charge in [0.05, 0.1) is 18.4 Å². The number of ether oxygens (including phenoxy) is 1. The van der Waals surface area contributed by atoms with Crippen LogP contribution in [0, 0.1) is 13.8 Å². The fourth-order valence-electron chi connectivity index (χ4n) is 3.54. The lowest BCUT2D eigenvalue weighted by Crippen LogP contribution is -2.54. The number of methoxy groups -OCH3 is 1. The first-order valence-corrected chi connectivity index (χ1v) is 10.1. The number of rotatable bonds is 4. The molecule has 0 aliphatic carbocycles. The molecule has 0 radical (unpaired) electrons. The van der Waals surface area contributed by atoms with Crippen molar-refractivity contribution < 1.29 is 28.3 Å². The van der Waals surface area contributed by atoms with Crippen LogP contribution in [-0.2, 0) is 14.3 Å². The van der Waals surface area contributed by atoms with Crippen LogP contribution < -0.4 is 10.2 Å². The zero-order chi connectivity index (χ0) is 23.7. The van der Waals surface area contributed by atoms with Crippen LogP contribution in [0.2, 0.25) is 0 Å². The summed E-state index contributed by atoms with van der Waals surface area (Å²) in [6.45, 7) is 3.63. The van der Waals surface area contributed by atoms with Crippen LogP contribution in [0.4, 0.5) is 10.5 Å². The van der Waals surface area contributed by atoms with Crippen LogP contribution in [0.15, 0.2) is 64.6 Å². The highest BCUT2D eigenvalue weighted by molar-refractivity contribution is 6.39. The van der Waals surface area contributed by atoms with Gasteiger partial charge in [-0.2, -0.15) is 0 Å². The number of amides is 4. The number of furan rings is 1. The largest absolute Gasteiger partial charge is 0.465 e. The van der Waals surface area contributed by atoms with Crippen molar-refractivity contribution >= 4 is 35.6 Å². The Bertz CT molecular complexity index is 1330. The number of urea groups is 1. The molecule has 0 bridgehead atoms. The van der Waals surface area contributed by atoms with Crippen LogP contribution in [0.25, 0.3) is 17.4 Å². The van der Waals surface area contributed by atoms with Crippen molar-refractivity contribution in [3.63, 3.8) is 0 Å². The van der Waals surface area contributed by atoms with E-state index < -0.39 is 23.8 Å². The molecule has 0 atom stereocenters. The van der Waals surface area contributed by atoms with E-state index in [2.05, 4.69) is 5.32 Å². The van der Waals surface area contributed by atoms with Crippen molar-refractivity contribution in [2.24, 2.45) is 0 Å². The number of hydrogen-bond donors (Lipinski definition) is 1. The normalized spacial score (nSPS) is 15.1. The average Bonchev–Trinajstić information content (AvgIpc) is 3.26. The van der Waals surface area contributed by atoms with Gasteiger partial charge in [-0.25, -0.2) is 14.5 Å². The number of esters is 1. The Morgan fingerprint density at radius 3 is 2.48 bits per heavy atom. The minimum absolute atomic E-state index is 0.237. The molecule has 1 aromatic heterocycles. The molecule has 1 aliphatic rings. The SMILES string of the molecule is COC(=O)c1ccc(C)c(-c2ccc(/C=C3\C(=O)NC(=O)N(c4ccccc4C)C3=O)o2)c1. The number of anilines is 1. The maximum absolute atomic E-state index is 13.1. The van der Waals surface area contributed by atoms with Crippen molar-refractivity contribution in [1.29, 1.82) is 0 Å². The third-order valence-electron chi connectivity index (χ3n) is 5.30. The minimum atomic E-state index is -0.813. The second-order valence-corrected chi connectivity index (χ2v) is 7.47. The first-order chi connectivity index (χ1) is 15.8. The number of carbonyl (C=O) groups excluding carboxylic acids is 4. The molecular formula is C25H20N2O6. The molecule has 4 rings (SSSR count). The van der Waals surface area contributed by atoms with Gasteiger partial charge in [0.1, 0.15) is 17.1 Å². The number of carbonyl (C=O) groups is 4. The lowest BCUT2D eigenvalue weighted by molar-refractivity contribution is -0.122. The number of benzene rings is 2. The van der Waals surface area contributed by atoms with Crippen LogP contribution >= 0.6 is 0 Å². The quantitative estimate of drug-likeness (QED) is 0.370. The molecule has 4 amide bonds. The first-order valence-electron chi connectivity index (χ1n) is 10.1. The van der Waals surface area contributed by atoms with Crippen LogP contribution in [-0.4, -0.2) is 30.9 Å². The summed E-state index contributed by atoms with van der Waals surface area (Å²) in [5.74, 6) is -1.35. The third kappa shape index (κ3) is 4.06. The molecule has 166 valence electrons. The molecule has 1 saturated heterocycles. The Morgan fingerprint density at radius 1 is 1.00 bits per heavy atom. The van der Waals surface area contributed by atoms with Gasteiger partial charge in [0, 0.05) is 5.56 Å². The Balaban J connectivity index is 1.70. The number of para-hydroxylation sites is 1. The summed E-state index contributed by atoms with van der Waals surface area (Å²) >= 11 is 0. The number of nitrogens with zero attached hydrogens (tertiary/aromatic N) is 1. The molecule has 8 heteroatoms. The smallest absolute Gasteiger partial charge is 0.337 e. The van der Waals surface area contributed by atoms with E-state index in [9.17, 15) is 19.2 Å². The number of aryl methyl sites for hydroxylation is 2. The summed E-state index contributed by atoms with van der Waals surface area (Å²) in [5.41, 5.74) is 2.74. The molecule has 0 saturated carbocycles. The molecule has 33 heavy (non-hydrogen) atoms. The van der Waals surface area contributed by atoms with Crippen LogP contribution in [0.1, 0.15) is 27.2 Å². The molecule has 1 aliphatic heterocycles. The highest BCUT2D eigenvalue weighted by Crippen LogP contribution is 2.29. The van der Waals surface area contributed by atoms with Gasteiger partial charge in [-0.3, -0.25) is 14.9 Å². The van der Waals surface area contributed by atoms with Crippen molar-refractivity contribution in [3.05, 3.63) is 82.6 Å². The molecule has 1 fully saturated rings. The number of nitrogens with one attached hydrogen (secondary N) is 1. The van der Waals surface area contributed by atoms with E-state index >= 15 is 0 Å². The molecule has 0 spiro atoms. The van der Waals surface area contributed by atoms with E-state index in [1.807, 2.05) is 6.92 Å². The van der Waals surface area contributed by atoms with Gasteiger partial charge in [-0.05, 0) is 61.4 Å². The van der Waals surface area contributed by atoms with Gasteiger partial charge in [0.2, 0.25) is 0 Å². The molecule has 1 N–H and O–H groups in total. The Hall–Kier alpha value is -4.46. The van der Waals surface area contributed by atoms with E-state index in [-0.39, 0.29) is 11.3 Å². The highest BCUT2D eigenvalue weighted by atomic mass is 16.5. The van der Waals surface area contributed by atoms with Gasteiger partial charge in [0.15, 0.2) is 0 Å². The third-order valence-corrected chi connectivity index (χ3v) is 5.30. The van der Waals surface area contributed by atoms with E-state index in [0.29, 0.717) is 28.1 Å². The Labute approximate surface area is 189 Å². The summed E-state index contributed by atoms with van der Waals surface area (Å²) in [4.78, 5) is 50.7. The lowest BCUT2D eigenvalue weighted by Gasteiger charge is -2.27. The maximum atomic E-state index is 13.1. The molecule has 2 heterocycles. The predicted molar refractivity (Wildman–Crippen MR) is 120 cm³/mol. The van der Waals surface area contributed by atoms with Gasteiger partial charge in [-0.1, -0.05) is 24.3 Å². The van der Waals surface area contributed by atoms with E-state index in [1.54, 1.807) is 61.5 Å². The van der Waals surface area contributed by atoms with Gasteiger partial charge < -0.3 is 9.15 Å². The number of imide groups is 2. The Morgan fingerprint density at radius 2 is 1.76 bits per heavy atom. The second kappa shape index (κ2) is 8.58. The maximum Gasteiger partial charge on any atom is 0.337 e. The molecule has 2 aromatic carbocycles. The average molecular weight is 444 g/mol. The van der Waals surface area contributed by atoms with Crippen molar-refractivity contribution in [3.8, 4) is 11.3 Å². The first kappa shape index (κ1) is 21.8. The predicted octanol–water partition coefficient (Wildman–Crippen LogP) is 4.02. The standard InChI is InChI=1S/C25H20N2O6/c1-14-8-9-16(24(30)32-3)12-18(14)21-11-10-17(33-21)13-19-22(28)26-25(31)27(23(19)29)20-7-5-4-6-15(20)2/h4-13H,1-3H3,(H,26,28,31)/b19-13+. The minimum Gasteiger partial charge on any atom is -0.465 e. The second-order valence-electron chi connectivity index (χ2n) is 7.47. The van der Waals surface area contributed by atoms with Gasteiger partial charge in [-0.15, -0.1) is 0 Å². The fourth-order valence-corrected chi connectivity index (χ4v) is 3.54. The topological polar surface area (TPSA) is 106 Å². The van der Waals surface area contributed by atoms with Gasteiger partial charge >= 0.3 is 12.0 Å². The van der Waals surface area contributed by atoms with E-state index in [1.165, 1.54) is 13.2 Å². The molecule has 0 unspecified atom stereocenters. The monoisotopic (exact) mass is 444 g/mol. The summed E-state index contributed by atoms with van der Waals surface area (Å²) in [6.07, 6.45) is 1.29. The Kier molecular flexibility index (Phi) is 5.66. The zero-order valence-electron chi connectivity index (χ0n) is 18.2. The summed E-state index contributed by atoms with van der Waals surface area (Å²) < 4.78 is 10.6. The number of hydrogen-bond acceptors (Lipinski definition) is 6. The van der Waals surface area contributed by atoms with Crippen molar-refractivity contribution in [1.82, 2.24) is 5.32 Å². The van der Waals surface area contributed by atoms with Gasteiger partial charge in [0.25, 0.3) is 11.8 Å². The summed E-state index contributed by atoms with van der Waals surface area (Å²) in [5, 5.41) is 2.20. The zero-order valence-corrected chi connectivity index (χ0v) is 18.2. The molecule has 8 nitrogen and oxygen atoms in total. The fraction of sp³-hybridized carbons (Fsp3) is 0.120. The lowest BCUT2D eigenvalue weighted by atomic mass is 10.0. The summed E-state index contributed by atoms with van der Waals surface area (Å²) in [7, 11) is 1.30. The van der Waals surface area contributed by atoms with Crippen molar-refractivity contribution in [2.45, 2.75) is 13.8 Å².